The molecule has 0 aliphatic carbocycles. The van der Waals surface area contributed by atoms with Crippen LogP contribution in [-0.2, 0) is 6.54 Å². The summed E-state index contributed by atoms with van der Waals surface area (Å²) in [6.45, 7) is 3.25. The van der Waals surface area contributed by atoms with E-state index < -0.39 is 0 Å². The Morgan fingerprint density at radius 3 is 2.57 bits per heavy atom. The summed E-state index contributed by atoms with van der Waals surface area (Å²) in [4.78, 5) is 0. The molecule has 116 valence electrons. The molecule has 1 aromatic heterocycles. The largest absolute Gasteiger partial charge is 0.454 e. The van der Waals surface area contributed by atoms with Gasteiger partial charge in [0.1, 0.15) is 0 Å². The van der Waals surface area contributed by atoms with Crippen molar-refractivity contribution < 1.29 is 9.47 Å². The number of hydrogen-bond donors (Lipinski definition) is 0. The topological polar surface area (TPSA) is 23.4 Å². The van der Waals surface area contributed by atoms with Crippen LogP contribution in [0.25, 0.3) is 11.3 Å². The number of aryl methyl sites for hydroxylation is 1. The third-order valence-electron chi connectivity index (χ3n) is 4.12. The zero-order chi connectivity index (χ0) is 15.8. The lowest BCUT2D eigenvalue weighted by atomic mass is 10.1. The quantitative estimate of drug-likeness (QED) is 0.648. The maximum Gasteiger partial charge on any atom is 0.231 e. The molecule has 0 saturated carbocycles. The summed E-state index contributed by atoms with van der Waals surface area (Å²) in [5, 5.41) is 0. The van der Waals surface area contributed by atoms with Crippen molar-refractivity contribution in [3.63, 3.8) is 0 Å². The number of nitrogens with zero attached hydrogens (tertiary/aromatic N) is 1. The van der Waals surface area contributed by atoms with Gasteiger partial charge < -0.3 is 14.0 Å². The third-order valence-corrected chi connectivity index (χ3v) is 4.65. The molecule has 0 unspecified atom stereocenters. The first-order chi connectivity index (χ1) is 11.2. The normalized spacial score (nSPS) is 12.6. The smallest absolute Gasteiger partial charge is 0.231 e. The highest BCUT2D eigenvalue weighted by molar-refractivity contribution is 9.10. The van der Waals surface area contributed by atoms with Gasteiger partial charge in [0, 0.05) is 22.4 Å². The second-order valence-corrected chi connectivity index (χ2v) is 6.56. The Bertz CT molecular complexity index is 852. The van der Waals surface area contributed by atoms with Crippen LogP contribution < -0.4 is 9.47 Å². The molecule has 2 heterocycles. The highest BCUT2D eigenvalue weighted by atomic mass is 79.9. The fraction of sp³-hybridized carbons (Fsp3) is 0.158. The van der Waals surface area contributed by atoms with Crippen LogP contribution in [0.2, 0.25) is 0 Å². The van der Waals surface area contributed by atoms with E-state index in [9.17, 15) is 0 Å². The molecule has 0 amide bonds. The molecule has 3 aromatic rings. The summed E-state index contributed by atoms with van der Waals surface area (Å²) in [7, 11) is 0. The summed E-state index contributed by atoms with van der Waals surface area (Å²) in [5.74, 6) is 1.66. The molecule has 3 nitrogen and oxygen atoms in total. The van der Waals surface area contributed by atoms with E-state index in [0.717, 1.165) is 22.5 Å². The molecule has 0 fully saturated rings. The Hall–Kier alpha value is -2.20. The maximum absolute atomic E-state index is 5.48. The van der Waals surface area contributed by atoms with E-state index in [1.165, 1.54) is 22.5 Å². The first kappa shape index (κ1) is 14.4. The molecule has 23 heavy (non-hydrogen) atoms. The van der Waals surface area contributed by atoms with Gasteiger partial charge in [-0.15, -0.1) is 0 Å². The molecule has 2 aromatic carbocycles. The highest BCUT2D eigenvalue weighted by Gasteiger charge is 2.14. The van der Waals surface area contributed by atoms with Gasteiger partial charge in [0.15, 0.2) is 11.5 Å². The van der Waals surface area contributed by atoms with Crippen molar-refractivity contribution in [1.29, 1.82) is 0 Å². The lowest BCUT2D eigenvalue weighted by Gasteiger charge is -2.13. The van der Waals surface area contributed by atoms with Crippen LogP contribution in [-0.4, -0.2) is 11.4 Å². The molecule has 4 rings (SSSR count). The number of fused-ring (bicyclic) bond motifs is 1. The van der Waals surface area contributed by atoms with Gasteiger partial charge in [-0.25, -0.2) is 0 Å². The lowest BCUT2D eigenvalue weighted by molar-refractivity contribution is 0.174. The zero-order valence-electron chi connectivity index (χ0n) is 12.8. The Balaban J connectivity index is 1.69. The van der Waals surface area contributed by atoms with Gasteiger partial charge in [-0.2, -0.15) is 0 Å². The van der Waals surface area contributed by atoms with Crippen LogP contribution in [0.5, 0.6) is 11.5 Å². The van der Waals surface area contributed by atoms with E-state index in [2.05, 4.69) is 76.0 Å². The molecular weight excluding hydrogens is 354 g/mol. The summed E-state index contributed by atoms with van der Waals surface area (Å²) < 4.78 is 14.3. The first-order valence-corrected chi connectivity index (χ1v) is 8.30. The highest BCUT2D eigenvalue weighted by Crippen LogP contribution is 2.33. The van der Waals surface area contributed by atoms with Crippen molar-refractivity contribution in [1.82, 2.24) is 4.57 Å². The van der Waals surface area contributed by atoms with Gasteiger partial charge in [0.25, 0.3) is 0 Å². The lowest BCUT2D eigenvalue weighted by Crippen LogP contribution is -2.03. The van der Waals surface area contributed by atoms with E-state index in [1.807, 2.05) is 6.07 Å². The molecule has 1 aliphatic rings. The van der Waals surface area contributed by atoms with Gasteiger partial charge in [0.2, 0.25) is 6.79 Å². The number of aromatic nitrogens is 1. The second kappa shape index (κ2) is 5.78. The number of benzene rings is 2. The van der Waals surface area contributed by atoms with Crippen molar-refractivity contribution in [2.24, 2.45) is 0 Å². The van der Waals surface area contributed by atoms with Crippen molar-refractivity contribution in [2.75, 3.05) is 6.79 Å². The Morgan fingerprint density at radius 1 is 0.957 bits per heavy atom. The summed E-state index contributed by atoms with van der Waals surface area (Å²) in [6, 6.07) is 18.9. The average molecular weight is 370 g/mol. The zero-order valence-corrected chi connectivity index (χ0v) is 14.3. The fourth-order valence-electron chi connectivity index (χ4n) is 2.87. The molecule has 0 saturated heterocycles. The maximum atomic E-state index is 5.48. The summed E-state index contributed by atoms with van der Waals surface area (Å²) in [5.41, 5.74) is 4.86. The number of hydrogen-bond acceptors (Lipinski definition) is 2. The SMILES string of the molecule is Cc1ccc(-c2ccc(Br)cc2)n1Cc1ccc2c(c1)OCO2. The fourth-order valence-corrected chi connectivity index (χ4v) is 3.14. The minimum absolute atomic E-state index is 0.311. The van der Waals surface area contributed by atoms with E-state index in [4.69, 9.17) is 9.47 Å². The molecule has 1 aliphatic heterocycles. The van der Waals surface area contributed by atoms with Gasteiger partial charge >= 0.3 is 0 Å². The monoisotopic (exact) mass is 369 g/mol. The second-order valence-electron chi connectivity index (χ2n) is 5.64. The predicted octanol–water partition coefficient (Wildman–Crippen LogP) is 5.00. The van der Waals surface area contributed by atoms with Crippen molar-refractivity contribution >= 4 is 15.9 Å². The number of halogens is 1. The van der Waals surface area contributed by atoms with Gasteiger partial charge in [-0.3, -0.25) is 0 Å². The van der Waals surface area contributed by atoms with Crippen LogP contribution in [0.4, 0.5) is 0 Å². The van der Waals surface area contributed by atoms with Gasteiger partial charge in [-0.05, 0) is 54.4 Å². The number of ether oxygens (including phenoxy) is 2. The van der Waals surface area contributed by atoms with Crippen LogP contribution in [0.1, 0.15) is 11.3 Å². The van der Waals surface area contributed by atoms with Crippen molar-refractivity contribution in [3.05, 3.63) is 70.3 Å². The Kier molecular flexibility index (Phi) is 3.62. The van der Waals surface area contributed by atoms with Crippen LogP contribution in [0.3, 0.4) is 0 Å². The van der Waals surface area contributed by atoms with Gasteiger partial charge in [-0.1, -0.05) is 34.1 Å². The molecule has 0 bridgehead atoms. The summed E-state index contributed by atoms with van der Waals surface area (Å²) in [6.07, 6.45) is 0. The van der Waals surface area contributed by atoms with E-state index >= 15 is 0 Å². The van der Waals surface area contributed by atoms with Crippen molar-refractivity contribution in [3.8, 4) is 22.8 Å². The van der Waals surface area contributed by atoms with E-state index in [1.54, 1.807) is 0 Å². The summed E-state index contributed by atoms with van der Waals surface area (Å²) >= 11 is 3.49. The molecule has 0 radical (unpaired) electrons. The molecule has 0 N–H and O–H groups in total. The molecule has 0 spiro atoms. The minimum Gasteiger partial charge on any atom is -0.454 e. The van der Waals surface area contributed by atoms with E-state index in [0.29, 0.717) is 6.79 Å². The van der Waals surface area contributed by atoms with E-state index in [-0.39, 0.29) is 0 Å². The predicted molar refractivity (Wildman–Crippen MR) is 94.0 cm³/mol. The molecule has 0 atom stereocenters. The standard InChI is InChI=1S/C19H16BrNO2/c1-13-2-8-17(15-4-6-16(20)7-5-15)21(13)11-14-3-9-18-19(10-14)23-12-22-18/h2-10H,11-12H2,1H3. The first-order valence-electron chi connectivity index (χ1n) is 7.51. The average Bonchev–Trinajstić information content (AvgIpc) is 3.16. The Morgan fingerprint density at radius 2 is 1.74 bits per heavy atom. The van der Waals surface area contributed by atoms with Crippen LogP contribution in [0.15, 0.2) is 59.1 Å². The van der Waals surface area contributed by atoms with Gasteiger partial charge in [0.05, 0.1) is 0 Å². The van der Waals surface area contributed by atoms with Crippen molar-refractivity contribution in [2.45, 2.75) is 13.5 Å². The third kappa shape index (κ3) is 2.75. The minimum atomic E-state index is 0.311. The Labute approximate surface area is 143 Å². The molecule has 4 heteroatoms. The molecular formula is C19H16BrNO2. The number of rotatable bonds is 3. The van der Waals surface area contributed by atoms with Crippen LogP contribution >= 0.6 is 15.9 Å². The van der Waals surface area contributed by atoms with Crippen LogP contribution in [0, 0.1) is 6.92 Å².